The first-order valence-electron chi connectivity index (χ1n) is 7.19. The Morgan fingerprint density at radius 2 is 2.04 bits per heavy atom. The average molecular weight is 342 g/mol. The zero-order valence-corrected chi connectivity index (χ0v) is 13.0. The number of nitrogens with zero attached hydrogens (tertiary/aromatic N) is 2. The fourth-order valence-corrected chi connectivity index (χ4v) is 3.01. The van der Waals surface area contributed by atoms with Crippen LogP contribution in [0.5, 0.6) is 0 Å². The molecule has 122 valence electrons. The number of hydrogen-bond acceptors (Lipinski definition) is 3. The molecule has 1 aromatic heterocycles. The summed E-state index contributed by atoms with van der Waals surface area (Å²) in [7, 11) is 0. The third-order valence-corrected chi connectivity index (χ3v) is 4.23. The molecule has 0 bridgehead atoms. The van der Waals surface area contributed by atoms with Gasteiger partial charge in [0, 0.05) is 18.1 Å². The normalized spacial score (nSPS) is 14.7. The molecule has 2 N–H and O–H groups in total. The van der Waals surface area contributed by atoms with Gasteiger partial charge in [0.1, 0.15) is 5.82 Å². The van der Waals surface area contributed by atoms with Crippen molar-refractivity contribution in [2.24, 2.45) is 0 Å². The molecule has 1 aliphatic rings. The van der Waals surface area contributed by atoms with E-state index < -0.39 is 11.7 Å². The van der Waals surface area contributed by atoms with E-state index in [2.05, 4.69) is 4.98 Å². The molecule has 2 heterocycles. The van der Waals surface area contributed by atoms with Gasteiger partial charge >= 0.3 is 6.18 Å². The van der Waals surface area contributed by atoms with Crippen molar-refractivity contribution in [3.8, 4) is 0 Å². The van der Waals surface area contributed by atoms with Crippen molar-refractivity contribution in [2.45, 2.75) is 25.6 Å². The number of aromatic nitrogens is 1. The van der Waals surface area contributed by atoms with E-state index in [9.17, 15) is 13.2 Å². The Morgan fingerprint density at radius 1 is 1.26 bits per heavy atom. The molecule has 0 saturated carbocycles. The highest BCUT2D eigenvalue weighted by molar-refractivity contribution is 6.31. The van der Waals surface area contributed by atoms with Crippen LogP contribution in [-0.4, -0.2) is 11.5 Å². The second kappa shape index (κ2) is 5.92. The minimum atomic E-state index is -4.39. The number of fused-ring (bicyclic) bond motifs is 1. The van der Waals surface area contributed by atoms with Gasteiger partial charge in [0.05, 0.1) is 17.4 Å². The van der Waals surface area contributed by atoms with Crippen molar-refractivity contribution >= 4 is 23.1 Å². The summed E-state index contributed by atoms with van der Waals surface area (Å²) in [5.41, 5.74) is 7.32. The number of hydrogen-bond donors (Lipinski definition) is 1. The van der Waals surface area contributed by atoms with Crippen LogP contribution >= 0.6 is 11.6 Å². The molecule has 0 atom stereocenters. The number of alkyl halides is 3. The molecule has 0 spiro atoms. The van der Waals surface area contributed by atoms with Crippen LogP contribution in [0.3, 0.4) is 0 Å². The van der Waals surface area contributed by atoms with E-state index in [1.807, 2.05) is 11.0 Å². The quantitative estimate of drug-likeness (QED) is 0.886. The molecule has 3 nitrogen and oxygen atoms in total. The minimum Gasteiger partial charge on any atom is -0.397 e. The van der Waals surface area contributed by atoms with E-state index in [1.54, 1.807) is 6.20 Å². The summed E-state index contributed by atoms with van der Waals surface area (Å²) < 4.78 is 38.1. The third-order valence-electron chi connectivity index (χ3n) is 3.88. The number of pyridine rings is 1. The van der Waals surface area contributed by atoms with E-state index in [0.717, 1.165) is 42.9 Å². The van der Waals surface area contributed by atoms with E-state index in [4.69, 9.17) is 17.3 Å². The number of anilines is 2. The number of aryl methyl sites for hydroxylation is 1. The van der Waals surface area contributed by atoms with Gasteiger partial charge < -0.3 is 10.6 Å². The number of nitrogen functional groups attached to an aromatic ring is 1. The first kappa shape index (κ1) is 15.9. The molecular formula is C16H15ClF3N3. The topological polar surface area (TPSA) is 42.1 Å². The lowest BCUT2D eigenvalue weighted by Crippen LogP contribution is -2.30. The van der Waals surface area contributed by atoms with Gasteiger partial charge in [-0.2, -0.15) is 13.2 Å². The van der Waals surface area contributed by atoms with Crippen molar-refractivity contribution in [1.29, 1.82) is 0 Å². The van der Waals surface area contributed by atoms with Crippen molar-refractivity contribution in [3.05, 3.63) is 52.2 Å². The van der Waals surface area contributed by atoms with E-state index >= 15 is 0 Å². The lowest BCUT2D eigenvalue weighted by atomic mass is 10.0. The molecule has 0 unspecified atom stereocenters. The van der Waals surface area contributed by atoms with Crippen LogP contribution in [-0.2, 0) is 19.1 Å². The van der Waals surface area contributed by atoms with E-state index in [0.29, 0.717) is 17.8 Å². The summed E-state index contributed by atoms with van der Waals surface area (Å²) in [6, 6.07) is 5.35. The van der Waals surface area contributed by atoms with Gasteiger partial charge in [-0.3, -0.25) is 0 Å². The third kappa shape index (κ3) is 3.37. The summed E-state index contributed by atoms with van der Waals surface area (Å²) in [5, 5.41) is 0.113. The fourth-order valence-electron chi connectivity index (χ4n) is 2.77. The van der Waals surface area contributed by atoms with Gasteiger partial charge in [0.15, 0.2) is 0 Å². The Hall–Kier alpha value is -1.95. The summed E-state index contributed by atoms with van der Waals surface area (Å²) in [4.78, 5) is 6.38. The van der Waals surface area contributed by atoms with Crippen LogP contribution in [0.4, 0.5) is 24.7 Å². The number of rotatable bonds is 2. The minimum absolute atomic E-state index is 0.113. The van der Waals surface area contributed by atoms with Crippen LogP contribution in [0.15, 0.2) is 30.5 Å². The Labute approximate surface area is 136 Å². The SMILES string of the molecule is Nc1cnc2c(c1)CCCN2Cc1ccc(C(F)(F)F)cc1Cl. The zero-order chi connectivity index (χ0) is 16.6. The number of halogens is 4. The van der Waals surface area contributed by atoms with Gasteiger partial charge in [-0.15, -0.1) is 0 Å². The first-order chi connectivity index (χ1) is 10.8. The van der Waals surface area contributed by atoms with Gasteiger partial charge in [-0.1, -0.05) is 17.7 Å². The lowest BCUT2D eigenvalue weighted by molar-refractivity contribution is -0.137. The molecule has 23 heavy (non-hydrogen) atoms. The molecule has 0 radical (unpaired) electrons. The molecular weight excluding hydrogens is 327 g/mol. The molecule has 0 saturated heterocycles. The summed E-state index contributed by atoms with van der Waals surface area (Å²) >= 11 is 6.04. The van der Waals surface area contributed by atoms with Crippen molar-refractivity contribution in [3.63, 3.8) is 0 Å². The Kier molecular flexibility index (Phi) is 4.10. The molecule has 7 heteroatoms. The number of nitrogens with two attached hydrogens (primary N) is 1. The standard InChI is InChI=1S/C16H15ClF3N3/c17-14-7-12(16(18,19)20)4-3-11(14)9-23-5-1-2-10-6-13(21)8-22-15(10)23/h3-4,6-8H,1-2,5,9,21H2. The highest BCUT2D eigenvalue weighted by Crippen LogP contribution is 2.34. The van der Waals surface area contributed by atoms with Crippen LogP contribution in [0.2, 0.25) is 5.02 Å². The van der Waals surface area contributed by atoms with E-state index in [-0.39, 0.29) is 5.02 Å². The molecule has 0 amide bonds. The van der Waals surface area contributed by atoms with Gasteiger partial charge in [0.25, 0.3) is 0 Å². The Morgan fingerprint density at radius 3 is 2.74 bits per heavy atom. The largest absolute Gasteiger partial charge is 0.416 e. The van der Waals surface area contributed by atoms with Crippen LogP contribution in [0.25, 0.3) is 0 Å². The molecule has 1 aromatic carbocycles. The van der Waals surface area contributed by atoms with Crippen molar-refractivity contribution < 1.29 is 13.2 Å². The lowest BCUT2D eigenvalue weighted by Gasteiger charge is -2.30. The van der Waals surface area contributed by atoms with E-state index in [1.165, 1.54) is 6.07 Å². The maximum Gasteiger partial charge on any atom is 0.416 e. The Balaban J connectivity index is 1.86. The van der Waals surface area contributed by atoms with Crippen LogP contribution in [0.1, 0.15) is 23.1 Å². The molecule has 1 aliphatic heterocycles. The average Bonchev–Trinajstić information content (AvgIpc) is 2.48. The molecule has 0 aliphatic carbocycles. The fraction of sp³-hybridized carbons (Fsp3) is 0.312. The predicted octanol–water partition coefficient (Wildman–Crippen LogP) is 4.29. The predicted molar refractivity (Wildman–Crippen MR) is 84.5 cm³/mol. The highest BCUT2D eigenvalue weighted by atomic mass is 35.5. The molecule has 3 rings (SSSR count). The van der Waals surface area contributed by atoms with Crippen LogP contribution < -0.4 is 10.6 Å². The first-order valence-corrected chi connectivity index (χ1v) is 7.57. The second-order valence-corrected chi connectivity index (χ2v) is 5.99. The summed E-state index contributed by atoms with van der Waals surface area (Å²) in [6.45, 7) is 1.20. The highest BCUT2D eigenvalue weighted by Gasteiger charge is 2.31. The smallest absolute Gasteiger partial charge is 0.397 e. The van der Waals surface area contributed by atoms with Crippen molar-refractivity contribution in [1.82, 2.24) is 4.98 Å². The maximum atomic E-state index is 12.7. The van der Waals surface area contributed by atoms with Gasteiger partial charge in [-0.05, 0) is 42.2 Å². The van der Waals surface area contributed by atoms with Crippen LogP contribution in [0, 0.1) is 0 Å². The maximum absolute atomic E-state index is 12.7. The molecule has 0 fully saturated rings. The number of benzene rings is 1. The summed E-state index contributed by atoms with van der Waals surface area (Å²) in [5.74, 6) is 0.821. The molecule has 2 aromatic rings. The second-order valence-electron chi connectivity index (χ2n) is 5.58. The van der Waals surface area contributed by atoms with Gasteiger partial charge in [-0.25, -0.2) is 4.98 Å². The van der Waals surface area contributed by atoms with Crippen molar-refractivity contribution in [2.75, 3.05) is 17.2 Å². The monoisotopic (exact) mass is 341 g/mol. The summed E-state index contributed by atoms with van der Waals surface area (Å²) in [6.07, 6.45) is -0.967. The zero-order valence-electron chi connectivity index (χ0n) is 12.2. The Bertz CT molecular complexity index is 731. The van der Waals surface area contributed by atoms with Gasteiger partial charge in [0.2, 0.25) is 0 Å².